The Bertz CT molecular complexity index is 1450. The van der Waals surface area contributed by atoms with Crippen LogP contribution in [0.3, 0.4) is 0 Å². The third kappa shape index (κ3) is 5.74. The molecule has 2 aromatic heterocycles. The molecule has 1 aliphatic carbocycles. The second kappa shape index (κ2) is 9.97. The molecule has 2 aliphatic rings. The van der Waals surface area contributed by atoms with Crippen LogP contribution in [-0.4, -0.2) is 67.5 Å². The van der Waals surface area contributed by atoms with E-state index in [0.29, 0.717) is 46.4 Å². The number of rotatable bonds is 9. The minimum absolute atomic E-state index is 0.0432. The van der Waals surface area contributed by atoms with Gasteiger partial charge in [0.25, 0.3) is 5.91 Å². The van der Waals surface area contributed by atoms with E-state index in [0.717, 1.165) is 0 Å². The number of carbonyl (C=O) groups excluding carboxylic acids is 1. The Balaban J connectivity index is 1.37. The predicted molar refractivity (Wildman–Crippen MR) is 137 cm³/mol. The summed E-state index contributed by atoms with van der Waals surface area (Å²) in [6.07, 6.45) is 0.985. The van der Waals surface area contributed by atoms with Gasteiger partial charge in [-0.2, -0.15) is 0 Å². The van der Waals surface area contributed by atoms with Crippen molar-refractivity contribution in [2.45, 2.75) is 48.7 Å². The Kier molecular flexibility index (Phi) is 6.88. The van der Waals surface area contributed by atoms with Crippen molar-refractivity contribution in [3.63, 3.8) is 0 Å². The maximum absolute atomic E-state index is 13.3. The van der Waals surface area contributed by atoms with Crippen molar-refractivity contribution in [1.82, 2.24) is 9.97 Å². The van der Waals surface area contributed by atoms with Crippen LogP contribution in [-0.2, 0) is 28.9 Å². The lowest BCUT2D eigenvalue weighted by atomic mass is 10.1. The lowest BCUT2D eigenvalue weighted by molar-refractivity contribution is -0.145. The van der Waals surface area contributed by atoms with Crippen LogP contribution in [0.1, 0.15) is 32.3 Å². The average molecular weight is 547 g/mol. The Morgan fingerprint density at radius 1 is 1.19 bits per heavy atom. The number of carbonyl (C=O) groups is 1. The first-order valence-corrected chi connectivity index (χ1v) is 14.0. The van der Waals surface area contributed by atoms with E-state index in [2.05, 4.69) is 20.4 Å². The Morgan fingerprint density at radius 3 is 2.59 bits per heavy atom. The summed E-state index contributed by atoms with van der Waals surface area (Å²) >= 11 is 1.18. The molecule has 11 nitrogen and oxygen atoms in total. The number of oxime groups is 1. The number of hydrogen-bond acceptors (Lipinski definition) is 11. The van der Waals surface area contributed by atoms with Gasteiger partial charge in [-0.1, -0.05) is 28.6 Å². The lowest BCUT2D eigenvalue weighted by Gasteiger charge is -2.16. The number of fused-ring (bicyclic) bond motifs is 1. The van der Waals surface area contributed by atoms with Gasteiger partial charge in [-0.3, -0.25) is 10.1 Å². The molecule has 1 aromatic carbocycles. The van der Waals surface area contributed by atoms with Gasteiger partial charge in [0, 0.05) is 11.6 Å². The first-order chi connectivity index (χ1) is 17.6. The van der Waals surface area contributed by atoms with Crippen molar-refractivity contribution < 1.29 is 32.3 Å². The average Bonchev–Trinajstić information content (AvgIpc) is 3.58. The van der Waals surface area contributed by atoms with E-state index >= 15 is 0 Å². The van der Waals surface area contributed by atoms with E-state index in [4.69, 9.17) is 19.0 Å². The largest absolute Gasteiger partial charge is 0.481 e. The van der Waals surface area contributed by atoms with Crippen molar-refractivity contribution in [1.29, 1.82) is 0 Å². The standard InChI is InChI=1S/C24H26N4O7S2/c1-24(2)33-12-15(35-24)13-34-28-20(14-4-6-16(7-5-14)37(30,31)17-8-9-17)21(29)27-23-25-18-10-11-19(32-3)26-22(18)36-23/h4-7,10-11,15,17H,8-9,12-13H2,1-3H3,(H,25,27,29)/t15-/m0/s1. The number of ether oxygens (including phenoxy) is 3. The number of thiazole rings is 1. The van der Waals surface area contributed by atoms with Crippen LogP contribution in [0.5, 0.6) is 5.88 Å². The van der Waals surface area contributed by atoms with Gasteiger partial charge < -0.3 is 19.0 Å². The number of aromatic nitrogens is 2. The van der Waals surface area contributed by atoms with Gasteiger partial charge in [0.1, 0.15) is 23.1 Å². The summed E-state index contributed by atoms with van der Waals surface area (Å²) in [5.74, 6) is -0.857. The van der Waals surface area contributed by atoms with Crippen LogP contribution in [0.4, 0.5) is 5.13 Å². The highest BCUT2D eigenvalue weighted by Gasteiger charge is 2.37. The first-order valence-electron chi connectivity index (χ1n) is 11.6. The maximum atomic E-state index is 13.3. The fourth-order valence-corrected chi connectivity index (χ4v) is 6.23. The summed E-state index contributed by atoms with van der Waals surface area (Å²) in [4.78, 5) is 28.3. The highest BCUT2D eigenvalue weighted by Crippen LogP contribution is 2.33. The number of anilines is 1. The molecule has 1 saturated carbocycles. The molecule has 1 saturated heterocycles. The number of amides is 1. The van der Waals surface area contributed by atoms with E-state index in [1.165, 1.54) is 30.6 Å². The van der Waals surface area contributed by atoms with E-state index in [1.807, 2.05) is 0 Å². The number of nitrogens with zero attached hydrogens (tertiary/aromatic N) is 3. The summed E-state index contributed by atoms with van der Waals surface area (Å²) < 4.78 is 41.5. The molecule has 0 spiro atoms. The van der Waals surface area contributed by atoms with Gasteiger partial charge in [-0.15, -0.1) is 0 Å². The van der Waals surface area contributed by atoms with Crippen LogP contribution < -0.4 is 10.1 Å². The molecule has 13 heteroatoms. The minimum atomic E-state index is -3.36. The van der Waals surface area contributed by atoms with Gasteiger partial charge in [-0.25, -0.2) is 18.4 Å². The zero-order chi connectivity index (χ0) is 26.2. The van der Waals surface area contributed by atoms with E-state index in [1.54, 1.807) is 38.1 Å². The molecule has 1 atom stereocenters. The van der Waals surface area contributed by atoms with Crippen LogP contribution in [0.2, 0.25) is 0 Å². The summed E-state index contributed by atoms with van der Waals surface area (Å²) in [7, 11) is -1.85. The lowest BCUT2D eigenvalue weighted by Crippen LogP contribution is -2.26. The molecule has 1 amide bonds. The molecule has 0 radical (unpaired) electrons. The zero-order valence-electron chi connectivity index (χ0n) is 20.5. The molecule has 1 N–H and O–H groups in total. The normalized spacial score (nSPS) is 19.6. The summed E-state index contributed by atoms with van der Waals surface area (Å²) in [5.41, 5.74) is 0.946. The van der Waals surface area contributed by atoms with Crippen LogP contribution in [0.15, 0.2) is 46.4 Å². The molecule has 2 fully saturated rings. The smallest absolute Gasteiger partial charge is 0.280 e. The number of pyridine rings is 1. The Morgan fingerprint density at radius 2 is 1.95 bits per heavy atom. The zero-order valence-corrected chi connectivity index (χ0v) is 22.1. The van der Waals surface area contributed by atoms with E-state index in [-0.39, 0.29) is 28.6 Å². The number of sulfone groups is 1. The predicted octanol–water partition coefficient (Wildman–Crippen LogP) is 3.15. The Labute approximate surface area is 217 Å². The highest BCUT2D eigenvalue weighted by atomic mass is 32.2. The maximum Gasteiger partial charge on any atom is 0.280 e. The minimum Gasteiger partial charge on any atom is -0.481 e. The molecule has 0 bridgehead atoms. The molecule has 3 heterocycles. The number of hydrogen-bond donors (Lipinski definition) is 1. The molecule has 37 heavy (non-hydrogen) atoms. The van der Waals surface area contributed by atoms with Crippen LogP contribution in [0.25, 0.3) is 10.3 Å². The number of benzene rings is 1. The fourth-order valence-electron chi connectivity index (χ4n) is 3.75. The van der Waals surface area contributed by atoms with Gasteiger partial charge in [0.05, 0.1) is 23.9 Å². The highest BCUT2D eigenvalue weighted by molar-refractivity contribution is 7.92. The molecule has 1 aliphatic heterocycles. The van der Waals surface area contributed by atoms with E-state index in [9.17, 15) is 13.2 Å². The second-order valence-electron chi connectivity index (χ2n) is 9.11. The molecule has 5 rings (SSSR count). The van der Waals surface area contributed by atoms with Crippen molar-refractivity contribution in [2.24, 2.45) is 5.16 Å². The Hall–Kier alpha value is -3.13. The molecular weight excluding hydrogens is 520 g/mol. The monoisotopic (exact) mass is 546 g/mol. The molecule has 0 unspecified atom stereocenters. The number of nitrogens with one attached hydrogen (secondary N) is 1. The SMILES string of the molecule is COc1ccc2nc(NC(=O)C(=NOC[C@@H]3COC(C)(C)O3)c3ccc(S(=O)(=O)C4CC4)cc3)sc2n1. The topological polar surface area (TPSA) is 138 Å². The van der Waals surface area contributed by atoms with Crippen molar-refractivity contribution >= 4 is 48.3 Å². The van der Waals surface area contributed by atoms with Gasteiger partial charge in [0.2, 0.25) is 5.88 Å². The third-order valence-corrected chi connectivity index (χ3v) is 8.94. The second-order valence-corrected chi connectivity index (χ2v) is 12.3. The van der Waals surface area contributed by atoms with E-state index < -0.39 is 21.5 Å². The molecular formula is C24H26N4O7S2. The van der Waals surface area contributed by atoms with Crippen molar-refractivity contribution in [3.8, 4) is 5.88 Å². The summed E-state index contributed by atoms with van der Waals surface area (Å²) in [5, 5.41) is 6.80. The van der Waals surface area contributed by atoms with Gasteiger partial charge in [-0.05, 0) is 44.9 Å². The van der Waals surface area contributed by atoms with Crippen LogP contribution in [0, 0.1) is 0 Å². The van der Waals surface area contributed by atoms with Gasteiger partial charge in [0.15, 0.2) is 26.5 Å². The number of methoxy groups -OCH3 is 1. The third-order valence-electron chi connectivity index (χ3n) is 5.78. The van der Waals surface area contributed by atoms with Crippen LogP contribution >= 0.6 is 11.3 Å². The fraction of sp³-hybridized carbons (Fsp3) is 0.417. The van der Waals surface area contributed by atoms with Crippen molar-refractivity contribution in [2.75, 3.05) is 25.6 Å². The molecule has 3 aromatic rings. The summed E-state index contributed by atoms with van der Waals surface area (Å²) in [6.45, 7) is 4.00. The quantitative estimate of drug-likeness (QED) is 0.317. The van der Waals surface area contributed by atoms with Crippen molar-refractivity contribution in [3.05, 3.63) is 42.0 Å². The molecule has 196 valence electrons. The first kappa shape index (κ1) is 25.5. The summed E-state index contributed by atoms with van der Waals surface area (Å²) in [6, 6.07) is 9.48. The van der Waals surface area contributed by atoms with Gasteiger partial charge >= 0.3 is 0 Å².